The zero-order valence-electron chi connectivity index (χ0n) is 17.7. The maximum atomic E-state index is 12.7. The molecule has 0 bridgehead atoms. The maximum absolute atomic E-state index is 12.7. The lowest BCUT2D eigenvalue weighted by molar-refractivity contribution is -0.118. The molecule has 0 heterocycles. The van der Waals surface area contributed by atoms with Crippen molar-refractivity contribution in [1.82, 2.24) is 5.32 Å². The number of allylic oxidation sites excluding steroid dienone is 2. The first-order chi connectivity index (χ1) is 13.8. The van der Waals surface area contributed by atoms with E-state index in [9.17, 15) is 9.59 Å². The van der Waals surface area contributed by atoms with Gasteiger partial charge in [0.1, 0.15) is 0 Å². The standard InChI is InChI=1S/C25H30N2O2/c1-17(2)16-21-22(25(21,3)4)24(29)27-20-12-10-19(11-13-20)23(28)26-15-14-18-8-6-5-7-9-18/h5-13,16,21-22H,14-15H2,1-4H3,(H,26,28)(H,27,29). The molecule has 0 spiro atoms. The Morgan fingerprint density at radius 3 is 2.28 bits per heavy atom. The Kier molecular flexibility index (Phi) is 6.21. The van der Waals surface area contributed by atoms with Crippen molar-refractivity contribution < 1.29 is 9.59 Å². The van der Waals surface area contributed by atoms with Crippen molar-refractivity contribution in [2.45, 2.75) is 34.1 Å². The van der Waals surface area contributed by atoms with Crippen LogP contribution in [0.1, 0.15) is 43.6 Å². The largest absolute Gasteiger partial charge is 0.352 e. The monoisotopic (exact) mass is 390 g/mol. The van der Waals surface area contributed by atoms with Gasteiger partial charge in [0.25, 0.3) is 5.91 Å². The lowest BCUT2D eigenvalue weighted by Crippen LogP contribution is -2.25. The second-order valence-corrected chi connectivity index (χ2v) is 8.63. The van der Waals surface area contributed by atoms with Crippen LogP contribution in [-0.2, 0) is 11.2 Å². The van der Waals surface area contributed by atoms with Crippen LogP contribution in [0.4, 0.5) is 5.69 Å². The van der Waals surface area contributed by atoms with E-state index in [1.165, 1.54) is 11.1 Å². The summed E-state index contributed by atoms with van der Waals surface area (Å²) >= 11 is 0. The van der Waals surface area contributed by atoms with Gasteiger partial charge in [-0.05, 0) is 61.4 Å². The van der Waals surface area contributed by atoms with Crippen LogP contribution in [0.3, 0.4) is 0 Å². The first kappa shape index (κ1) is 20.8. The quantitative estimate of drug-likeness (QED) is 0.665. The van der Waals surface area contributed by atoms with Gasteiger partial charge in [-0.1, -0.05) is 55.8 Å². The molecule has 2 aromatic rings. The maximum Gasteiger partial charge on any atom is 0.251 e. The van der Waals surface area contributed by atoms with E-state index >= 15 is 0 Å². The van der Waals surface area contributed by atoms with Gasteiger partial charge in [-0.3, -0.25) is 9.59 Å². The van der Waals surface area contributed by atoms with Gasteiger partial charge in [-0.2, -0.15) is 0 Å². The summed E-state index contributed by atoms with van der Waals surface area (Å²) in [5, 5.41) is 5.93. The molecule has 1 aliphatic rings. The molecule has 29 heavy (non-hydrogen) atoms. The number of anilines is 1. The SMILES string of the molecule is CC(C)=CC1C(C(=O)Nc2ccc(C(=O)NCCc3ccccc3)cc2)C1(C)C. The van der Waals surface area contributed by atoms with E-state index in [2.05, 4.69) is 44.4 Å². The fourth-order valence-corrected chi connectivity index (χ4v) is 3.84. The average Bonchev–Trinajstić information content (AvgIpc) is 3.22. The molecule has 1 saturated carbocycles. The van der Waals surface area contributed by atoms with Gasteiger partial charge in [-0.15, -0.1) is 0 Å². The minimum absolute atomic E-state index is 0.0140. The Morgan fingerprint density at radius 1 is 1.00 bits per heavy atom. The summed E-state index contributed by atoms with van der Waals surface area (Å²) in [5.74, 6) is 0.198. The number of hydrogen-bond acceptors (Lipinski definition) is 2. The molecule has 3 rings (SSSR count). The predicted octanol–water partition coefficient (Wildman–Crippen LogP) is 4.84. The van der Waals surface area contributed by atoms with Crippen molar-refractivity contribution in [3.63, 3.8) is 0 Å². The molecule has 2 amide bonds. The normalized spacial score (nSPS) is 19.2. The van der Waals surface area contributed by atoms with Gasteiger partial charge in [0, 0.05) is 17.8 Å². The fourth-order valence-electron chi connectivity index (χ4n) is 3.84. The van der Waals surface area contributed by atoms with Crippen LogP contribution in [0.25, 0.3) is 0 Å². The van der Waals surface area contributed by atoms with Gasteiger partial charge >= 0.3 is 0 Å². The third kappa shape index (κ3) is 5.14. The van der Waals surface area contributed by atoms with Crippen LogP contribution in [0.2, 0.25) is 0 Å². The number of nitrogens with one attached hydrogen (secondary N) is 2. The second-order valence-electron chi connectivity index (χ2n) is 8.63. The van der Waals surface area contributed by atoms with Gasteiger partial charge in [-0.25, -0.2) is 0 Å². The van der Waals surface area contributed by atoms with E-state index in [0.29, 0.717) is 12.1 Å². The fraction of sp³-hybridized carbons (Fsp3) is 0.360. The minimum atomic E-state index is -0.106. The van der Waals surface area contributed by atoms with Gasteiger partial charge < -0.3 is 10.6 Å². The van der Waals surface area contributed by atoms with E-state index in [1.807, 2.05) is 30.3 Å². The first-order valence-electron chi connectivity index (χ1n) is 10.2. The molecule has 1 fully saturated rings. The molecule has 152 valence electrons. The van der Waals surface area contributed by atoms with Crippen LogP contribution >= 0.6 is 0 Å². The zero-order valence-corrected chi connectivity index (χ0v) is 17.7. The number of rotatable bonds is 7. The predicted molar refractivity (Wildman–Crippen MR) is 118 cm³/mol. The summed E-state index contributed by atoms with van der Waals surface area (Å²) < 4.78 is 0. The molecule has 2 atom stereocenters. The summed E-state index contributed by atoms with van der Waals surface area (Å²) in [5.41, 5.74) is 3.72. The van der Waals surface area contributed by atoms with Crippen molar-refractivity contribution in [2.24, 2.45) is 17.3 Å². The molecular formula is C25H30N2O2. The number of hydrogen-bond donors (Lipinski definition) is 2. The van der Waals surface area contributed by atoms with Crippen LogP contribution in [0.15, 0.2) is 66.2 Å². The molecule has 0 aliphatic heterocycles. The van der Waals surface area contributed by atoms with E-state index in [0.717, 1.165) is 12.1 Å². The molecule has 2 aromatic carbocycles. The highest BCUT2D eigenvalue weighted by molar-refractivity contribution is 5.97. The lowest BCUT2D eigenvalue weighted by atomic mass is 10.1. The molecule has 4 nitrogen and oxygen atoms in total. The number of benzene rings is 2. The third-order valence-corrected chi connectivity index (χ3v) is 5.66. The molecule has 4 heteroatoms. The summed E-state index contributed by atoms with van der Waals surface area (Å²) in [6.45, 7) is 8.97. The van der Waals surface area contributed by atoms with E-state index in [4.69, 9.17) is 0 Å². The van der Waals surface area contributed by atoms with E-state index < -0.39 is 0 Å². The van der Waals surface area contributed by atoms with Crippen LogP contribution in [0.5, 0.6) is 0 Å². The molecular weight excluding hydrogens is 360 g/mol. The smallest absolute Gasteiger partial charge is 0.251 e. The molecule has 2 unspecified atom stereocenters. The van der Waals surface area contributed by atoms with Gasteiger partial charge in [0.2, 0.25) is 5.91 Å². The van der Waals surface area contributed by atoms with Crippen molar-refractivity contribution >= 4 is 17.5 Å². The summed E-state index contributed by atoms with van der Waals surface area (Å²) in [7, 11) is 0. The lowest BCUT2D eigenvalue weighted by Gasteiger charge is -2.08. The van der Waals surface area contributed by atoms with Gasteiger partial charge in [0.05, 0.1) is 5.92 Å². The highest BCUT2D eigenvalue weighted by atomic mass is 16.2. The summed E-state index contributed by atoms with van der Waals surface area (Å²) in [6.07, 6.45) is 2.98. The van der Waals surface area contributed by atoms with Gasteiger partial charge in [0.15, 0.2) is 0 Å². The Labute approximate surface area is 173 Å². The number of carbonyl (C=O) groups excluding carboxylic acids is 2. The third-order valence-electron chi connectivity index (χ3n) is 5.66. The van der Waals surface area contributed by atoms with Crippen molar-refractivity contribution in [2.75, 3.05) is 11.9 Å². The highest BCUT2D eigenvalue weighted by Gasteiger charge is 2.60. The topological polar surface area (TPSA) is 58.2 Å². The Morgan fingerprint density at radius 2 is 1.66 bits per heavy atom. The number of carbonyl (C=O) groups is 2. The highest BCUT2D eigenvalue weighted by Crippen LogP contribution is 2.59. The zero-order chi connectivity index (χ0) is 21.0. The molecule has 0 saturated heterocycles. The molecule has 0 radical (unpaired) electrons. The van der Waals surface area contributed by atoms with E-state index in [1.54, 1.807) is 24.3 Å². The van der Waals surface area contributed by atoms with Crippen LogP contribution in [0, 0.1) is 17.3 Å². The summed E-state index contributed by atoms with van der Waals surface area (Å²) in [6, 6.07) is 17.1. The average molecular weight is 391 g/mol. The first-order valence-corrected chi connectivity index (χ1v) is 10.2. The number of amides is 2. The Hall–Kier alpha value is -2.88. The molecule has 2 N–H and O–H groups in total. The van der Waals surface area contributed by atoms with Crippen LogP contribution < -0.4 is 10.6 Å². The van der Waals surface area contributed by atoms with Crippen molar-refractivity contribution in [1.29, 1.82) is 0 Å². The second kappa shape index (κ2) is 8.64. The van der Waals surface area contributed by atoms with Crippen molar-refractivity contribution in [3.05, 3.63) is 77.4 Å². The van der Waals surface area contributed by atoms with Crippen LogP contribution in [-0.4, -0.2) is 18.4 Å². The molecule has 1 aliphatic carbocycles. The Balaban J connectivity index is 1.51. The molecule has 0 aromatic heterocycles. The Bertz CT molecular complexity index is 894. The van der Waals surface area contributed by atoms with E-state index in [-0.39, 0.29) is 29.1 Å². The minimum Gasteiger partial charge on any atom is -0.352 e. The van der Waals surface area contributed by atoms with Crippen molar-refractivity contribution in [3.8, 4) is 0 Å². The summed E-state index contributed by atoms with van der Waals surface area (Å²) in [4.78, 5) is 25.0.